The van der Waals surface area contributed by atoms with E-state index in [9.17, 15) is 0 Å². The highest BCUT2D eigenvalue weighted by atomic mass is 15.0. The number of imidazole rings is 1. The molecule has 0 fully saturated rings. The molecule has 2 aromatic rings. The lowest BCUT2D eigenvalue weighted by atomic mass is 9.77. The van der Waals surface area contributed by atoms with E-state index in [0.29, 0.717) is 23.7 Å². The molecule has 1 aromatic carbocycles. The normalized spacial score (nSPS) is 12.2. The largest absolute Gasteiger partial charge is 0.306 e. The Morgan fingerprint density at radius 3 is 1.70 bits per heavy atom. The Morgan fingerprint density at radius 1 is 0.739 bits per heavy atom. The van der Waals surface area contributed by atoms with Gasteiger partial charge in [-0.25, -0.2) is 4.98 Å². The molecule has 1 aromatic heterocycles. The first-order valence-corrected chi connectivity index (χ1v) is 8.94. The molecule has 0 aliphatic rings. The first kappa shape index (κ1) is 17.8. The quantitative estimate of drug-likeness (QED) is 0.627. The lowest BCUT2D eigenvalue weighted by Crippen LogP contribution is -2.14. The highest BCUT2D eigenvalue weighted by molar-refractivity contribution is 5.58. The van der Waals surface area contributed by atoms with E-state index >= 15 is 0 Å². The van der Waals surface area contributed by atoms with Crippen LogP contribution in [0.1, 0.15) is 101 Å². The Balaban J connectivity index is 2.93. The van der Waals surface area contributed by atoms with E-state index in [4.69, 9.17) is 0 Å². The summed E-state index contributed by atoms with van der Waals surface area (Å²) in [5, 5.41) is 0. The molecule has 1 heterocycles. The predicted octanol–water partition coefficient (Wildman–Crippen LogP) is 6.37. The molecule has 0 radical (unpaired) electrons. The summed E-state index contributed by atoms with van der Waals surface area (Å²) in [4.78, 5) is 4.27. The molecule has 0 atom stereocenters. The summed E-state index contributed by atoms with van der Waals surface area (Å²) in [5.41, 5.74) is 7.37. The van der Waals surface area contributed by atoms with E-state index in [1.165, 1.54) is 16.8 Å². The van der Waals surface area contributed by atoms with Crippen molar-refractivity contribution >= 4 is 0 Å². The number of benzene rings is 1. The summed E-state index contributed by atoms with van der Waals surface area (Å²) in [6.45, 7) is 18.5. The molecular formula is C21H32N2. The Labute approximate surface area is 142 Å². The lowest BCUT2D eigenvalue weighted by Gasteiger charge is -2.30. The first-order valence-electron chi connectivity index (χ1n) is 8.94. The van der Waals surface area contributed by atoms with Crippen LogP contribution >= 0.6 is 0 Å². The van der Waals surface area contributed by atoms with Crippen molar-refractivity contribution in [2.75, 3.05) is 0 Å². The smallest absolute Gasteiger partial charge is 0.0991 e. The van der Waals surface area contributed by atoms with Crippen molar-refractivity contribution in [1.29, 1.82) is 0 Å². The molecule has 0 bridgehead atoms. The molecule has 0 saturated carbocycles. The van der Waals surface area contributed by atoms with Crippen molar-refractivity contribution in [2.45, 2.75) is 79.1 Å². The molecule has 0 aliphatic heterocycles. The number of hydrogen-bond acceptors (Lipinski definition) is 1. The summed E-state index contributed by atoms with van der Waals surface area (Å²) in [5.74, 6) is 2.07. The van der Waals surface area contributed by atoms with Gasteiger partial charge in [-0.3, -0.25) is 0 Å². The third-order valence-electron chi connectivity index (χ3n) is 4.60. The molecule has 23 heavy (non-hydrogen) atoms. The van der Waals surface area contributed by atoms with Crippen LogP contribution in [0.2, 0.25) is 0 Å². The van der Waals surface area contributed by atoms with Crippen LogP contribution in [0.5, 0.6) is 0 Å². The summed E-state index contributed by atoms with van der Waals surface area (Å²) >= 11 is 0. The van der Waals surface area contributed by atoms with Crippen molar-refractivity contribution in [1.82, 2.24) is 9.55 Å². The third kappa shape index (κ3) is 3.36. The van der Waals surface area contributed by atoms with E-state index in [1.54, 1.807) is 11.1 Å². The molecule has 0 saturated heterocycles. The van der Waals surface area contributed by atoms with Crippen LogP contribution in [0.25, 0.3) is 5.69 Å². The van der Waals surface area contributed by atoms with Gasteiger partial charge >= 0.3 is 0 Å². The molecule has 0 unspecified atom stereocenters. The van der Waals surface area contributed by atoms with Gasteiger partial charge in [0.05, 0.1) is 12.0 Å². The van der Waals surface area contributed by atoms with Crippen LogP contribution < -0.4 is 0 Å². The van der Waals surface area contributed by atoms with Crippen LogP contribution in [-0.4, -0.2) is 9.55 Å². The lowest BCUT2D eigenvalue weighted by molar-refractivity contribution is 0.715. The minimum atomic E-state index is 0.489. The van der Waals surface area contributed by atoms with Crippen LogP contribution in [-0.2, 0) is 0 Å². The zero-order valence-electron chi connectivity index (χ0n) is 16.0. The van der Waals surface area contributed by atoms with Gasteiger partial charge in [-0.2, -0.15) is 0 Å². The molecule has 0 N–H and O–H groups in total. The maximum Gasteiger partial charge on any atom is 0.0991 e. The van der Waals surface area contributed by atoms with E-state index < -0.39 is 0 Å². The van der Waals surface area contributed by atoms with Crippen molar-refractivity contribution in [2.24, 2.45) is 0 Å². The molecule has 126 valence electrons. The van der Waals surface area contributed by atoms with Crippen LogP contribution in [0.15, 0.2) is 24.8 Å². The third-order valence-corrected chi connectivity index (χ3v) is 4.60. The average molecular weight is 313 g/mol. The maximum absolute atomic E-state index is 4.27. The SMILES string of the molecule is CC(C)c1cc(-n2ccnc2)c(C(C)C)c(C(C)C)c1C(C)C. The fraction of sp³-hybridized carbons (Fsp3) is 0.571. The van der Waals surface area contributed by atoms with Gasteiger partial charge in [0.2, 0.25) is 0 Å². The van der Waals surface area contributed by atoms with Crippen LogP contribution in [0, 0.1) is 0 Å². The molecule has 0 spiro atoms. The van der Waals surface area contributed by atoms with E-state index in [0.717, 1.165) is 0 Å². The van der Waals surface area contributed by atoms with Gasteiger partial charge in [0, 0.05) is 12.4 Å². The fourth-order valence-electron chi connectivity index (χ4n) is 3.71. The van der Waals surface area contributed by atoms with E-state index in [1.807, 2.05) is 12.5 Å². The highest BCUT2D eigenvalue weighted by Crippen LogP contribution is 2.41. The summed E-state index contributed by atoms with van der Waals surface area (Å²) in [6.07, 6.45) is 5.85. The minimum Gasteiger partial charge on any atom is -0.306 e. The van der Waals surface area contributed by atoms with Gasteiger partial charge in [0.1, 0.15) is 0 Å². The summed E-state index contributed by atoms with van der Waals surface area (Å²) in [7, 11) is 0. The highest BCUT2D eigenvalue weighted by Gasteiger charge is 2.25. The maximum atomic E-state index is 4.27. The van der Waals surface area contributed by atoms with Crippen molar-refractivity contribution < 1.29 is 0 Å². The second kappa shape index (κ2) is 6.90. The molecule has 2 heteroatoms. The summed E-state index contributed by atoms with van der Waals surface area (Å²) < 4.78 is 2.18. The Morgan fingerprint density at radius 2 is 1.30 bits per heavy atom. The second-order valence-electron chi connectivity index (χ2n) is 7.81. The molecule has 2 nitrogen and oxygen atoms in total. The van der Waals surface area contributed by atoms with E-state index in [2.05, 4.69) is 77.2 Å². The topological polar surface area (TPSA) is 17.8 Å². The van der Waals surface area contributed by atoms with Gasteiger partial charge in [-0.1, -0.05) is 55.4 Å². The van der Waals surface area contributed by atoms with Gasteiger partial charge in [-0.05, 0) is 52.0 Å². The minimum absolute atomic E-state index is 0.489. The Bertz CT molecular complexity index is 647. The Hall–Kier alpha value is -1.57. The van der Waals surface area contributed by atoms with E-state index in [-0.39, 0.29) is 0 Å². The predicted molar refractivity (Wildman–Crippen MR) is 99.9 cm³/mol. The van der Waals surface area contributed by atoms with Gasteiger partial charge in [-0.15, -0.1) is 0 Å². The zero-order chi connectivity index (χ0) is 17.3. The molecule has 0 aliphatic carbocycles. The van der Waals surface area contributed by atoms with Crippen LogP contribution in [0.3, 0.4) is 0 Å². The zero-order valence-corrected chi connectivity index (χ0v) is 16.0. The van der Waals surface area contributed by atoms with Crippen molar-refractivity contribution in [3.8, 4) is 5.69 Å². The second-order valence-corrected chi connectivity index (χ2v) is 7.81. The monoisotopic (exact) mass is 312 g/mol. The van der Waals surface area contributed by atoms with Crippen molar-refractivity contribution in [3.63, 3.8) is 0 Å². The van der Waals surface area contributed by atoms with Crippen molar-refractivity contribution in [3.05, 3.63) is 47.0 Å². The Kier molecular flexibility index (Phi) is 5.33. The number of aromatic nitrogens is 2. The number of rotatable bonds is 5. The first-order chi connectivity index (χ1) is 10.8. The fourth-order valence-corrected chi connectivity index (χ4v) is 3.71. The molecule has 2 rings (SSSR count). The summed E-state index contributed by atoms with van der Waals surface area (Å²) in [6, 6.07) is 2.41. The molecular weight excluding hydrogens is 280 g/mol. The van der Waals surface area contributed by atoms with Gasteiger partial charge < -0.3 is 4.57 Å². The standard InChI is InChI=1S/C21H32N2/c1-13(2)17-11-18(23-10-9-22-12-23)20(15(5)6)21(16(7)8)19(17)14(3)4/h9-16H,1-8H3. The number of hydrogen-bond donors (Lipinski definition) is 0. The van der Waals surface area contributed by atoms with Gasteiger partial charge in [0.25, 0.3) is 0 Å². The van der Waals surface area contributed by atoms with Gasteiger partial charge in [0.15, 0.2) is 0 Å². The molecule has 0 amide bonds. The van der Waals surface area contributed by atoms with Crippen LogP contribution in [0.4, 0.5) is 0 Å². The average Bonchev–Trinajstić information content (AvgIpc) is 2.98. The number of nitrogens with zero attached hydrogens (tertiary/aromatic N) is 2.